The van der Waals surface area contributed by atoms with Crippen molar-refractivity contribution in [3.63, 3.8) is 0 Å². The summed E-state index contributed by atoms with van der Waals surface area (Å²) >= 11 is 11.6. The second kappa shape index (κ2) is 8.50. The standard InChI is InChI=1S/C16H12Cl2N2O6/c1-25-14-3-2-12(20(23)24)7-13(14)19-15(21)8-26-16(22)9-4-10(17)6-11(18)5-9/h2-7H,8H2,1H3,(H,19,21). The predicted octanol–water partition coefficient (Wildman–Crippen LogP) is 3.71. The molecule has 0 spiro atoms. The number of rotatable bonds is 6. The van der Waals surface area contributed by atoms with Gasteiger partial charge in [0.15, 0.2) is 6.61 Å². The van der Waals surface area contributed by atoms with Gasteiger partial charge in [0.1, 0.15) is 5.75 Å². The number of nitrogens with one attached hydrogen (secondary N) is 1. The zero-order chi connectivity index (χ0) is 19.3. The quantitative estimate of drug-likeness (QED) is 0.451. The van der Waals surface area contributed by atoms with E-state index in [9.17, 15) is 19.7 Å². The fourth-order valence-electron chi connectivity index (χ4n) is 1.98. The highest BCUT2D eigenvalue weighted by molar-refractivity contribution is 6.35. The van der Waals surface area contributed by atoms with Gasteiger partial charge in [-0.1, -0.05) is 23.2 Å². The highest BCUT2D eigenvalue weighted by Crippen LogP contribution is 2.28. The first-order valence-electron chi connectivity index (χ1n) is 7.05. The maximum atomic E-state index is 12.0. The number of anilines is 1. The molecule has 1 amide bonds. The smallest absolute Gasteiger partial charge is 0.338 e. The number of hydrogen-bond acceptors (Lipinski definition) is 6. The Hall–Kier alpha value is -2.84. The van der Waals surface area contributed by atoms with Crippen molar-refractivity contribution in [1.29, 1.82) is 0 Å². The third kappa shape index (κ3) is 5.08. The molecule has 2 rings (SSSR count). The van der Waals surface area contributed by atoms with Crippen LogP contribution in [0.5, 0.6) is 5.75 Å². The van der Waals surface area contributed by atoms with E-state index >= 15 is 0 Å². The minimum atomic E-state index is -0.796. The maximum Gasteiger partial charge on any atom is 0.338 e. The molecule has 10 heteroatoms. The first-order valence-corrected chi connectivity index (χ1v) is 7.81. The lowest BCUT2D eigenvalue weighted by Gasteiger charge is -2.10. The van der Waals surface area contributed by atoms with E-state index in [1.54, 1.807) is 0 Å². The van der Waals surface area contributed by atoms with Gasteiger partial charge in [-0.3, -0.25) is 14.9 Å². The molecule has 0 saturated heterocycles. The van der Waals surface area contributed by atoms with Crippen molar-refractivity contribution >= 4 is 46.5 Å². The fraction of sp³-hybridized carbons (Fsp3) is 0.125. The van der Waals surface area contributed by atoms with Gasteiger partial charge in [-0.25, -0.2) is 4.79 Å². The van der Waals surface area contributed by atoms with E-state index in [4.69, 9.17) is 32.7 Å². The molecule has 2 aromatic carbocycles. The number of methoxy groups -OCH3 is 1. The van der Waals surface area contributed by atoms with Crippen molar-refractivity contribution in [2.45, 2.75) is 0 Å². The van der Waals surface area contributed by atoms with Crippen LogP contribution in [0, 0.1) is 10.1 Å². The average molecular weight is 399 g/mol. The van der Waals surface area contributed by atoms with Gasteiger partial charge in [0.25, 0.3) is 11.6 Å². The number of benzene rings is 2. The summed E-state index contributed by atoms with van der Waals surface area (Å²) in [5.41, 5.74) is -0.0663. The summed E-state index contributed by atoms with van der Waals surface area (Å²) in [6, 6.07) is 7.84. The number of nitrogens with zero attached hydrogens (tertiary/aromatic N) is 1. The van der Waals surface area contributed by atoms with Crippen LogP contribution in [0.2, 0.25) is 10.0 Å². The number of esters is 1. The average Bonchev–Trinajstić information content (AvgIpc) is 2.58. The number of nitro groups is 1. The van der Waals surface area contributed by atoms with Crippen LogP contribution >= 0.6 is 23.2 Å². The first-order chi connectivity index (χ1) is 12.3. The van der Waals surface area contributed by atoms with Crippen LogP contribution in [0.3, 0.4) is 0 Å². The number of halogens is 2. The van der Waals surface area contributed by atoms with E-state index in [0.29, 0.717) is 0 Å². The summed E-state index contributed by atoms with van der Waals surface area (Å²) in [5, 5.41) is 13.7. The minimum absolute atomic E-state index is 0.0774. The third-order valence-electron chi connectivity index (χ3n) is 3.10. The number of ether oxygens (including phenoxy) is 2. The van der Waals surface area contributed by atoms with Crippen molar-refractivity contribution in [3.05, 3.63) is 62.1 Å². The molecule has 136 valence electrons. The van der Waals surface area contributed by atoms with E-state index in [2.05, 4.69) is 5.32 Å². The lowest BCUT2D eigenvalue weighted by Crippen LogP contribution is -2.21. The summed E-state index contributed by atoms with van der Waals surface area (Å²) in [4.78, 5) is 34.1. The largest absolute Gasteiger partial charge is 0.495 e. The van der Waals surface area contributed by atoms with Crippen LogP contribution in [0.15, 0.2) is 36.4 Å². The monoisotopic (exact) mass is 398 g/mol. The van der Waals surface area contributed by atoms with Crippen LogP contribution in [-0.4, -0.2) is 30.5 Å². The Balaban J connectivity index is 2.03. The van der Waals surface area contributed by atoms with Crippen LogP contribution < -0.4 is 10.1 Å². The molecule has 0 fully saturated rings. The molecule has 26 heavy (non-hydrogen) atoms. The Bertz CT molecular complexity index is 852. The predicted molar refractivity (Wildman–Crippen MR) is 95.0 cm³/mol. The zero-order valence-corrected chi connectivity index (χ0v) is 14.8. The number of nitro benzene ring substituents is 1. The lowest BCUT2D eigenvalue weighted by molar-refractivity contribution is -0.384. The number of non-ortho nitro benzene ring substituents is 1. The summed E-state index contributed by atoms with van der Waals surface area (Å²) in [7, 11) is 1.35. The number of amides is 1. The summed E-state index contributed by atoms with van der Waals surface area (Å²) < 4.78 is 9.91. The van der Waals surface area contributed by atoms with Gasteiger partial charge in [0.2, 0.25) is 0 Å². The summed E-state index contributed by atoms with van der Waals surface area (Å²) in [6.45, 7) is -0.616. The van der Waals surface area contributed by atoms with E-state index < -0.39 is 23.4 Å². The molecule has 0 aliphatic heterocycles. The van der Waals surface area contributed by atoms with Gasteiger partial charge in [0, 0.05) is 22.2 Å². The van der Waals surface area contributed by atoms with Gasteiger partial charge in [0.05, 0.1) is 23.3 Å². The molecule has 0 radical (unpaired) electrons. The molecular formula is C16H12Cl2N2O6. The van der Waals surface area contributed by atoms with Crippen LogP contribution in [0.4, 0.5) is 11.4 Å². The van der Waals surface area contributed by atoms with Crippen molar-refractivity contribution < 1.29 is 24.0 Å². The van der Waals surface area contributed by atoms with E-state index in [0.717, 1.165) is 6.07 Å². The topological polar surface area (TPSA) is 108 Å². The SMILES string of the molecule is COc1ccc([N+](=O)[O-])cc1NC(=O)COC(=O)c1cc(Cl)cc(Cl)c1. The van der Waals surface area contributed by atoms with Crippen LogP contribution in [0.25, 0.3) is 0 Å². The third-order valence-corrected chi connectivity index (χ3v) is 3.54. The Morgan fingerprint density at radius 3 is 2.38 bits per heavy atom. The molecule has 0 unspecified atom stereocenters. The van der Waals surface area contributed by atoms with Crippen molar-refractivity contribution in [2.75, 3.05) is 19.0 Å². The molecule has 0 atom stereocenters. The Labute approximate surface area is 157 Å². The number of hydrogen-bond donors (Lipinski definition) is 1. The first kappa shape index (κ1) is 19.5. The van der Waals surface area contributed by atoms with E-state index in [1.807, 2.05) is 0 Å². The van der Waals surface area contributed by atoms with Crippen molar-refractivity contribution in [3.8, 4) is 5.75 Å². The Morgan fingerprint density at radius 2 is 1.81 bits per heavy atom. The minimum Gasteiger partial charge on any atom is -0.495 e. The van der Waals surface area contributed by atoms with Crippen LogP contribution in [-0.2, 0) is 9.53 Å². The molecule has 0 bridgehead atoms. The van der Waals surface area contributed by atoms with E-state index in [1.165, 1.54) is 37.4 Å². The summed E-state index contributed by atoms with van der Waals surface area (Å²) in [6.07, 6.45) is 0. The lowest BCUT2D eigenvalue weighted by atomic mass is 10.2. The number of carbonyl (C=O) groups is 2. The molecule has 0 aliphatic carbocycles. The van der Waals surface area contributed by atoms with Gasteiger partial charge in [-0.2, -0.15) is 0 Å². The molecule has 0 saturated carbocycles. The van der Waals surface area contributed by atoms with Gasteiger partial charge < -0.3 is 14.8 Å². The zero-order valence-electron chi connectivity index (χ0n) is 13.3. The second-order valence-corrected chi connectivity index (χ2v) is 5.80. The number of carbonyl (C=O) groups excluding carboxylic acids is 2. The fourth-order valence-corrected chi connectivity index (χ4v) is 2.51. The highest BCUT2D eigenvalue weighted by atomic mass is 35.5. The molecule has 8 nitrogen and oxygen atoms in total. The van der Waals surface area contributed by atoms with Crippen molar-refractivity contribution in [1.82, 2.24) is 0 Å². The van der Waals surface area contributed by atoms with Crippen molar-refractivity contribution in [2.24, 2.45) is 0 Å². The van der Waals surface area contributed by atoms with Crippen LogP contribution in [0.1, 0.15) is 10.4 Å². The van der Waals surface area contributed by atoms with Gasteiger partial charge >= 0.3 is 5.97 Å². The Kier molecular flexibility index (Phi) is 6.37. The molecule has 2 aromatic rings. The summed E-state index contributed by atoms with van der Waals surface area (Å²) in [5.74, 6) is -1.28. The molecule has 0 aromatic heterocycles. The Morgan fingerprint density at radius 1 is 1.15 bits per heavy atom. The maximum absolute atomic E-state index is 12.0. The molecular weight excluding hydrogens is 387 g/mol. The second-order valence-electron chi connectivity index (χ2n) is 4.92. The molecule has 0 aliphatic rings. The normalized spacial score (nSPS) is 10.1. The van der Waals surface area contributed by atoms with E-state index in [-0.39, 0.29) is 32.7 Å². The van der Waals surface area contributed by atoms with Gasteiger partial charge in [-0.05, 0) is 24.3 Å². The molecule has 1 N–H and O–H groups in total. The highest BCUT2D eigenvalue weighted by Gasteiger charge is 2.16. The van der Waals surface area contributed by atoms with Gasteiger partial charge in [-0.15, -0.1) is 0 Å². The molecule has 0 heterocycles.